The lowest BCUT2D eigenvalue weighted by molar-refractivity contribution is 0.0697. The number of halogens is 1. The number of hydrogen-bond acceptors (Lipinski definition) is 4. The molecule has 0 bridgehead atoms. The van der Waals surface area contributed by atoms with E-state index in [2.05, 4.69) is 16.8 Å². The fourth-order valence-electron chi connectivity index (χ4n) is 4.02. The molecule has 1 aromatic carbocycles. The maximum atomic E-state index is 12.7. The molecule has 0 spiro atoms. The zero-order valence-corrected chi connectivity index (χ0v) is 17.6. The zero-order valence-electron chi connectivity index (χ0n) is 16.9. The van der Waals surface area contributed by atoms with Gasteiger partial charge in [0.15, 0.2) is 0 Å². The van der Waals surface area contributed by atoms with Crippen LogP contribution in [-0.4, -0.2) is 48.1 Å². The topological polar surface area (TPSA) is 45.7 Å². The van der Waals surface area contributed by atoms with Crippen LogP contribution in [0.5, 0.6) is 5.75 Å². The second-order valence-corrected chi connectivity index (χ2v) is 8.52. The Morgan fingerprint density at radius 2 is 1.76 bits per heavy atom. The number of pyridine rings is 1. The van der Waals surface area contributed by atoms with Crippen LogP contribution in [0.3, 0.4) is 0 Å². The van der Waals surface area contributed by atoms with Crippen molar-refractivity contribution in [1.29, 1.82) is 0 Å². The van der Waals surface area contributed by atoms with Crippen molar-refractivity contribution in [2.45, 2.75) is 38.7 Å². The van der Waals surface area contributed by atoms with Gasteiger partial charge in [-0.25, -0.2) is 4.98 Å². The van der Waals surface area contributed by atoms with E-state index >= 15 is 0 Å². The van der Waals surface area contributed by atoms with Gasteiger partial charge in [0.05, 0.1) is 10.6 Å². The van der Waals surface area contributed by atoms with E-state index in [0.717, 1.165) is 63.4 Å². The van der Waals surface area contributed by atoms with Crippen LogP contribution in [0, 0.1) is 5.92 Å². The maximum Gasteiger partial charge on any atom is 0.255 e. The van der Waals surface area contributed by atoms with Crippen LogP contribution < -0.4 is 9.64 Å². The van der Waals surface area contributed by atoms with E-state index in [9.17, 15) is 4.79 Å². The van der Waals surface area contributed by atoms with Crippen molar-refractivity contribution in [3.8, 4) is 5.75 Å². The van der Waals surface area contributed by atoms with E-state index in [0.29, 0.717) is 16.5 Å². The maximum absolute atomic E-state index is 12.7. The van der Waals surface area contributed by atoms with Crippen molar-refractivity contribution in [3.63, 3.8) is 0 Å². The molecule has 6 heteroatoms. The Morgan fingerprint density at radius 3 is 2.41 bits per heavy atom. The van der Waals surface area contributed by atoms with Crippen LogP contribution in [-0.2, 0) is 0 Å². The summed E-state index contributed by atoms with van der Waals surface area (Å²) < 4.78 is 6.07. The molecule has 154 valence electrons. The van der Waals surface area contributed by atoms with Gasteiger partial charge in [0.2, 0.25) is 0 Å². The number of carbonyl (C=O) groups excluding carboxylic acids is 1. The molecule has 1 amide bonds. The van der Waals surface area contributed by atoms with Gasteiger partial charge < -0.3 is 14.5 Å². The van der Waals surface area contributed by atoms with Crippen LogP contribution >= 0.6 is 11.6 Å². The molecule has 29 heavy (non-hydrogen) atoms. The Kier molecular flexibility index (Phi) is 6.24. The first-order valence-corrected chi connectivity index (χ1v) is 10.9. The zero-order chi connectivity index (χ0) is 20.2. The quantitative estimate of drug-likeness (QED) is 0.731. The van der Waals surface area contributed by atoms with Crippen molar-refractivity contribution in [2.24, 2.45) is 5.92 Å². The number of carbonyl (C=O) groups is 1. The summed E-state index contributed by atoms with van der Waals surface area (Å²) in [5.74, 6) is 2.48. The molecule has 4 rings (SSSR count). The molecule has 2 aliphatic rings. The van der Waals surface area contributed by atoms with Gasteiger partial charge in [-0.3, -0.25) is 4.79 Å². The molecule has 2 aromatic rings. The van der Waals surface area contributed by atoms with Crippen molar-refractivity contribution in [3.05, 3.63) is 53.2 Å². The number of para-hydroxylation sites is 1. The number of hydrogen-bond donors (Lipinski definition) is 0. The van der Waals surface area contributed by atoms with Crippen LogP contribution in [0.1, 0.15) is 43.0 Å². The smallest absolute Gasteiger partial charge is 0.255 e. The third kappa shape index (κ3) is 4.84. The lowest BCUT2D eigenvalue weighted by Crippen LogP contribution is -2.39. The first kappa shape index (κ1) is 20.0. The summed E-state index contributed by atoms with van der Waals surface area (Å²) in [5.41, 5.74) is 0.681. The molecule has 0 N–H and O–H groups in total. The van der Waals surface area contributed by atoms with Gasteiger partial charge in [-0.05, 0) is 43.0 Å². The summed E-state index contributed by atoms with van der Waals surface area (Å²) in [6.07, 6.45) is 5.89. The standard InChI is InChI=1S/C23H28ClN3O2/c1-17-8-12-27(13-9-17)23(28)18-6-7-22(25-16-18)26-14-10-19(11-15-26)29-21-5-3-2-4-20(21)24/h2-7,16-17,19H,8-15H2,1H3. The summed E-state index contributed by atoms with van der Waals surface area (Å²) in [4.78, 5) is 21.5. The van der Waals surface area contributed by atoms with Gasteiger partial charge in [-0.15, -0.1) is 0 Å². The minimum Gasteiger partial charge on any atom is -0.489 e. The Morgan fingerprint density at radius 1 is 1.03 bits per heavy atom. The van der Waals surface area contributed by atoms with Gasteiger partial charge in [0.25, 0.3) is 5.91 Å². The van der Waals surface area contributed by atoms with Gasteiger partial charge in [-0.2, -0.15) is 0 Å². The second kappa shape index (κ2) is 9.04. The summed E-state index contributed by atoms with van der Waals surface area (Å²) in [6.45, 7) is 5.70. The van der Waals surface area contributed by atoms with Gasteiger partial charge in [0, 0.05) is 45.2 Å². The highest BCUT2D eigenvalue weighted by Crippen LogP contribution is 2.28. The van der Waals surface area contributed by atoms with Crippen LogP contribution in [0.2, 0.25) is 5.02 Å². The molecule has 5 nitrogen and oxygen atoms in total. The number of ether oxygens (including phenoxy) is 1. The van der Waals surface area contributed by atoms with E-state index in [1.807, 2.05) is 41.3 Å². The average molecular weight is 414 g/mol. The summed E-state index contributed by atoms with van der Waals surface area (Å²) in [7, 11) is 0. The third-order valence-electron chi connectivity index (χ3n) is 5.96. The Bertz CT molecular complexity index is 826. The fraction of sp³-hybridized carbons (Fsp3) is 0.478. The molecule has 0 atom stereocenters. The Balaban J connectivity index is 1.31. The summed E-state index contributed by atoms with van der Waals surface area (Å²) >= 11 is 6.20. The minimum absolute atomic E-state index is 0.0998. The Hall–Kier alpha value is -2.27. The number of rotatable bonds is 4. The number of anilines is 1. The van der Waals surface area contributed by atoms with Crippen LogP contribution in [0.15, 0.2) is 42.6 Å². The molecular formula is C23H28ClN3O2. The summed E-state index contributed by atoms with van der Waals surface area (Å²) in [5, 5.41) is 0.653. The molecule has 0 saturated carbocycles. The van der Waals surface area contributed by atoms with E-state index in [1.165, 1.54) is 0 Å². The molecule has 2 saturated heterocycles. The molecule has 2 aliphatic heterocycles. The number of likely N-dealkylation sites (tertiary alicyclic amines) is 1. The number of aromatic nitrogens is 1. The van der Waals surface area contributed by atoms with E-state index in [-0.39, 0.29) is 12.0 Å². The van der Waals surface area contributed by atoms with Crippen molar-refractivity contribution in [1.82, 2.24) is 9.88 Å². The van der Waals surface area contributed by atoms with Crippen LogP contribution in [0.4, 0.5) is 5.82 Å². The van der Waals surface area contributed by atoms with E-state index in [1.54, 1.807) is 6.20 Å². The molecule has 0 aliphatic carbocycles. The van der Waals surface area contributed by atoms with Crippen molar-refractivity contribution < 1.29 is 9.53 Å². The van der Waals surface area contributed by atoms with Crippen molar-refractivity contribution >= 4 is 23.3 Å². The predicted molar refractivity (Wildman–Crippen MR) is 116 cm³/mol. The monoisotopic (exact) mass is 413 g/mol. The van der Waals surface area contributed by atoms with Crippen LogP contribution in [0.25, 0.3) is 0 Å². The highest BCUT2D eigenvalue weighted by molar-refractivity contribution is 6.32. The average Bonchev–Trinajstić information content (AvgIpc) is 2.76. The first-order valence-electron chi connectivity index (χ1n) is 10.5. The molecule has 1 aromatic heterocycles. The number of nitrogens with zero attached hydrogens (tertiary/aromatic N) is 3. The second-order valence-electron chi connectivity index (χ2n) is 8.11. The third-order valence-corrected chi connectivity index (χ3v) is 6.27. The normalized spacial score (nSPS) is 18.7. The Labute approximate surface area is 177 Å². The molecule has 3 heterocycles. The highest BCUT2D eigenvalue weighted by atomic mass is 35.5. The lowest BCUT2D eigenvalue weighted by Gasteiger charge is -2.33. The molecule has 0 unspecified atom stereocenters. The lowest BCUT2D eigenvalue weighted by atomic mass is 9.99. The number of piperidine rings is 2. The number of benzene rings is 1. The van der Waals surface area contributed by atoms with Crippen molar-refractivity contribution in [2.75, 3.05) is 31.1 Å². The first-order chi connectivity index (χ1) is 14.1. The van der Waals surface area contributed by atoms with Gasteiger partial charge in [-0.1, -0.05) is 30.7 Å². The summed E-state index contributed by atoms with van der Waals surface area (Å²) in [6, 6.07) is 11.5. The van der Waals surface area contributed by atoms with Gasteiger partial charge in [0.1, 0.15) is 17.7 Å². The molecule has 0 radical (unpaired) electrons. The number of amides is 1. The largest absolute Gasteiger partial charge is 0.489 e. The minimum atomic E-state index is 0.0998. The predicted octanol–water partition coefficient (Wildman–Crippen LogP) is 4.65. The van der Waals surface area contributed by atoms with E-state index < -0.39 is 0 Å². The van der Waals surface area contributed by atoms with Gasteiger partial charge >= 0.3 is 0 Å². The molecular weight excluding hydrogens is 386 g/mol. The SMILES string of the molecule is CC1CCN(C(=O)c2ccc(N3CCC(Oc4ccccc4Cl)CC3)nc2)CC1. The highest BCUT2D eigenvalue weighted by Gasteiger charge is 2.24. The molecule has 2 fully saturated rings. The fourth-order valence-corrected chi connectivity index (χ4v) is 4.20. The van der Waals surface area contributed by atoms with E-state index in [4.69, 9.17) is 16.3 Å².